The number of carboxylic acids is 1. The largest absolute Gasteiger partial charge is 0.480 e. The number of carboxylic acid groups (broad SMARTS) is 1. The van der Waals surface area contributed by atoms with Crippen LogP contribution in [0.15, 0.2) is 0 Å². The molecule has 0 bridgehead atoms. The van der Waals surface area contributed by atoms with Gasteiger partial charge in [-0.25, -0.2) is 0 Å². The Balaban J connectivity index is 1.74. The lowest BCUT2D eigenvalue weighted by Crippen LogP contribution is -2.48. The number of carbonyl (C=O) groups is 2. The zero-order valence-corrected chi connectivity index (χ0v) is 17.9. The van der Waals surface area contributed by atoms with Gasteiger partial charge in [0.15, 0.2) is 0 Å². The summed E-state index contributed by atoms with van der Waals surface area (Å²) in [6.07, 6.45) is 8.64. The summed E-state index contributed by atoms with van der Waals surface area (Å²) in [5, 5.41) is 9.05. The summed E-state index contributed by atoms with van der Waals surface area (Å²) < 4.78 is 0. The van der Waals surface area contributed by atoms with Gasteiger partial charge >= 0.3 is 5.97 Å². The highest BCUT2D eigenvalue weighted by molar-refractivity contribution is 5.76. The van der Waals surface area contributed by atoms with E-state index in [0.29, 0.717) is 29.7 Å². The van der Waals surface area contributed by atoms with Gasteiger partial charge in [0.05, 0.1) is 6.54 Å². The second-order valence-corrected chi connectivity index (χ2v) is 9.33. The van der Waals surface area contributed by atoms with E-state index >= 15 is 0 Å². The van der Waals surface area contributed by atoms with Crippen LogP contribution in [0.25, 0.3) is 0 Å². The normalized spacial score (nSPS) is 25.0. The third kappa shape index (κ3) is 6.20. The van der Waals surface area contributed by atoms with Gasteiger partial charge in [0.2, 0.25) is 5.91 Å². The Morgan fingerprint density at radius 2 is 1.63 bits per heavy atom. The van der Waals surface area contributed by atoms with Crippen molar-refractivity contribution in [3.63, 3.8) is 0 Å². The summed E-state index contributed by atoms with van der Waals surface area (Å²) in [6, 6.07) is 0.293. The Bertz CT molecular complexity index is 490. The highest BCUT2D eigenvalue weighted by atomic mass is 16.4. The van der Waals surface area contributed by atoms with Crippen molar-refractivity contribution in [2.45, 2.75) is 85.1 Å². The molecule has 5 nitrogen and oxygen atoms in total. The number of carbonyl (C=O) groups excluding carboxylic acids is 1. The molecule has 1 saturated heterocycles. The maximum Gasteiger partial charge on any atom is 0.317 e. The maximum atomic E-state index is 12.7. The maximum absolute atomic E-state index is 12.7. The molecule has 0 atom stereocenters. The fraction of sp³-hybridized carbons (Fsp3) is 0.909. The van der Waals surface area contributed by atoms with Crippen molar-refractivity contribution in [1.29, 1.82) is 0 Å². The molecule has 2 aliphatic rings. The summed E-state index contributed by atoms with van der Waals surface area (Å²) in [5.74, 6) is 0.905. The van der Waals surface area contributed by atoms with Crippen LogP contribution in [0.3, 0.4) is 0 Å². The highest BCUT2D eigenvalue weighted by Crippen LogP contribution is 2.42. The van der Waals surface area contributed by atoms with Crippen LogP contribution < -0.4 is 0 Å². The lowest BCUT2D eigenvalue weighted by atomic mass is 9.67. The first-order chi connectivity index (χ1) is 12.8. The van der Waals surface area contributed by atoms with Gasteiger partial charge in [-0.15, -0.1) is 0 Å². The van der Waals surface area contributed by atoms with Crippen molar-refractivity contribution in [2.75, 3.05) is 26.2 Å². The summed E-state index contributed by atoms with van der Waals surface area (Å²) in [6.45, 7) is 11.5. The van der Waals surface area contributed by atoms with Gasteiger partial charge in [-0.05, 0) is 62.3 Å². The molecule has 1 saturated carbocycles. The van der Waals surface area contributed by atoms with Gasteiger partial charge in [-0.1, -0.05) is 34.1 Å². The standard InChI is InChI=1S/C22H40N2O3/c1-5-22(3,4)18-9-7-17(8-10-18)15-20(25)24-13-11-19(12-14-24)23(6-2)16-21(26)27/h17-19H,5-16H2,1-4H3,(H,26,27). The quantitative estimate of drug-likeness (QED) is 0.691. The minimum Gasteiger partial charge on any atom is -0.480 e. The van der Waals surface area contributed by atoms with E-state index in [1.807, 2.05) is 16.7 Å². The average molecular weight is 381 g/mol. The molecule has 0 spiro atoms. The van der Waals surface area contributed by atoms with Crippen LogP contribution in [0.1, 0.15) is 79.1 Å². The minimum atomic E-state index is -0.766. The van der Waals surface area contributed by atoms with Gasteiger partial charge in [0, 0.05) is 25.6 Å². The van der Waals surface area contributed by atoms with Crippen LogP contribution >= 0.6 is 0 Å². The number of likely N-dealkylation sites (N-methyl/N-ethyl adjacent to an activating group) is 1. The summed E-state index contributed by atoms with van der Waals surface area (Å²) >= 11 is 0. The van der Waals surface area contributed by atoms with Crippen LogP contribution in [0.4, 0.5) is 0 Å². The van der Waals surface area contributed by atoms with E-state index in [9.17, 15) is 9.59 Å². The molecule has 0 aromatic heterocycles. The van der Waals surface area contributed by atoms with Gasteiger partial charge in [-0.3, -0.25) is 14.5 Å². The van der Waals surface area contributed by atoms with Crippen molar-refractivity contribution in [1.82, 2.24) is 9.80 Å². The molecule has 27 heavy (non-hydrogen) atoms. The fourth-order valence-electron chi connectivity index (χ4n) is 4.97. The van der Waals surface area contributed by atoms with Crippen LogP contribution in [0.5, 0.6) is 0 Å². The molecule has 2 rings (SSSR count). The average Bonchev–Trinajstić information content (AvgIpc) is 2.66. The predicted molar refractivity (Wildman–Crippen MR) is 109 cm³/mol. The summed E-state index contributed by atoms with van der Waals surface area (Å²) in [5.41, 5.74) is 0.429. The third-order valence-corrected chi connectivity index (χ3v) is 7.40. The number of aliphatic carboxylic acids is 1. The molecule has 156 valence electrons. The lowest BCUT2D eigenvalue weighted by molar-refractivity contribution is -0.140. The van der Waals surface area contributed by atoms with E-state index < -0.39 is 5.97 Å². The number of hydrogen-bond acceptors (Lipinski definition) is 3. The molecule has 2 fully saturated rings. The molecule has 5 heteroatoms. The van der Waals surface area contributed by atoms with Crippen molar-refractivity contribution in [2.24, 2.45) is 17.3 Å². The first kappa shape index (κ1) is 22.2. The number of rotatable bonds is 8. The zero-order chi connectivity index (χ0) is 20.0. The zero-order valence-electron chi connectivity index (χ0n) is 17.9. The molecule has 0 radical (unpaired) electrons. The molecule has 1 heterocycles. The van der Waals surface area contributed by atoms with Crippen LogP contribution in [-0.4, -0.2) is 59.0 Å². The number of likely N-dealkylation sites (tertiary alicyclic amines) is 1. The van der Waals surface area contributed by atoms with Gasteiger partial charge in [0.1, 0.15) is 0 Å². The summed E-state index contributed by atoms with van der Waals surface area (Å²) in [4.78, 5) is 27.8. The van der Waals surface area contributed by atoms with E-state index in [-0.39, 0.29) is 6.54 Å². The van der Waals surface area contributed by atoms with Gasteiger partial charge < -0.3 is 10.0 Å². The van der Waals surface area contributed by atoms with E-state index in [0.717, 1.165) is 38.4 Å². The topological polar surface area (TPSA) is 60.9 Å². The fourth-order valence-corrected chi connectivity index (χ4v) is 4.97. The Labute approximate surface area is 165 Å². The van der Waals surface area contributed by atoms with Crippen LogP contribution in [-0.2, 0) is 9.59 Å². The van der Waals surface area contributed by atoms with Crippen LogP contribution in [0.2, 0.25) is 0 Å². The molecule has 1 N–H and O–H groups in total. The van der Waals surface area contributed by atoms with Crippen molar-refractivity contribution in [3.05, 3.63) is 0 Å². The Morgan fingerprint density at radius 3 is 2.11 bits per heavy atom. The molecule has 0 aromatic rings. The first-order valence-electron chi connectivity index (χ1n) is 11.0. The molecule has 0 unspecified atom stereocenters. The van der Waals surface area contributed by atoms with Gasteiger partial charge in [-0.2, -0.15) is 0 Å². The van der Waals surface area contributed by atoms with E-state index in [2.05, 4.69) is 20.8 Å². The lowest BCUT2D eigenvalue weighted by Gasteiger charge is -2.40. The van der Waals surface area contributed by atoms with Crippen molar-refractivity contribution >= 4 is 11.9 Å². The number of piperidine rings is 1. The van der Waals surface area contributed by atoms with Crippen molar-refractivity contribution < 1.29 is 14.7 Å². The molecular weight excluding hydrogens is 340 g/mol. The third-order valence-electron chi connectivity index (χ3n) is 7.40. The minimum absolute atomic E-state index is 0.104. The molecule has 1 aliphatic heterocycles. The van der Waals surface area contributed by atoms with Gasteiger partial charge in [0.25, 0.3) is 0 Å². The smallest absolute Gasteiger partial charge is 0.317 e. The molecular formula is C22H40N2O3. The monoisotopic (exact) mass is 380 g/mol. The number of hydrogen-bond donors (Lipinski definition) is 1. The number of amides is 1. The molecule has 0 aromatic carbocycles. The number of nitrogens with zero attached hydrogens (tertiary/aromatic N) is 2. The van der Waals surface area contributed by atoms with Crippen LogP contribution in [0, 0.1) is 17.3 Å². The Morgan fingerprint density at radius 1 is 1.04 bits per heavy atom. The SMILES string of the molecule is CCN(CC(=O)O)C1CCN(C(=O)CC2CCC(C(C)(C)CC)CC2)CC1. The van der Waals surface area contributed by atoms with E-state index in [1.165, 1.54) is 32.1 Å². The van der Waals surface area contributed by atoms with E-state index in [1.54, 1.807) is 0 Å². The molecule has 1 aliphatic carbocycles. The highest BCUT2D eigenvalue weighted by Gasteiger charge is 2.33. The molecule has 1 amide bonds. The second-order valence-electron chi connectivity index (χ2n) is 9.33. The summed E-state index contributed by atoms with van der Waals surface area (Å²) in [7, 11) is 0. The van der Waals surface area contributed by atoms with Crippen molar-refractivity contribution in [3.8, 4) is 0 Å². The Hall–Kier alpha value is -1.10. The van der Waals surface area contributed by atoms with E-state index in [4.69, 9.17) is 5.11 Å². The Kier molecular flexibility index (Phi) is 8.14. The second kappa shape index (κ2) is 9.90. The predicted octanol–water partition coefficient (Wildman–Crippen LogP) is 4.02. The first-order valence-corrected chi connectivity index (χ1v) is 11.0.